The fourth-order valence-corrected chi connectivity index (χ4v) is 4.77. The summed E-state index contributed by atoms with van der Waals surface area (Å²) >= 11 is 5.87. The van der Waals surface area contributed by atoms with Crippen LogP contribution < -0.4 is 4.74 Å². The Morgan fingerprint density at radius 1 is 1.13 bits per heavy atom. The smallest absolute Gasteiger partial charge is 0.392 e. The van der Waals surface area contributed by atoms with E-state index in [0.29, 0.717) is 5.56 Å². The SMILES string of the molecule is Cc1c(-c2ccc(Cl)cc2F)c(OC(=O)N(CCS(C)(=O)=O)C(C)C)n(Cc2ccccc2)c1C(F)(F)F. The molecule has 1 aromatic heterocycles. The third-order valence-electron chi connectivity index (χ3n) is 5.86. The molecule has 0 spiro atoms. The summed E-state index contributed by atoms with van der Waals surface area (Å²) in [5, 5.41) is 0.0361. The fraction of sp³-hybridized carbons (Fsp3) is 0.346. The number of hydrogen-bond acceptors (Lipinski definition) is 4. The zero-order valence-corrected chi connectivity index (χ0v) is 22.7. The number of carbonyl (C=O) groups is 1. The van der Waals surface area contributed by atoms with Gasteiger partial charge < -0.3 is 14.2 Å². The summed E-state index contributed by atoms with van der Waals surface area (Å²) in [5.41, 5.74) is -1.47. The summed E-state index contributed by atoms with van der Waals surface area (Å²) < 4.78 is 88.0. The standard InChI is InChI=1S/C26H27ClF4N2O4S/c1-16(2)32(12-13-38(4,35)36)25(34)37-24-22(20-11-10-19(27)14-21(20)28)17(3)23(26(29,30)31)33(24)15-18-8-6-5-7-9-18/h5-11,14,16H,12-13,15H2,1-4H3. The van der Waals surface area contributed by atoms with E-state index in [1.165, 1.54) is 19.1 Å². The number of aromatic nitrogens is 1. The van der Waals surface area contributed by atoms with E-state index in [1.54, 1.807) is 44.2 Å². The number of nitrogens with zero attached hydrogens (tertiary/aromatic N) is 2. The molecule has 2 aromatic carbocycles. The Hall–Kier alpha value is -3.05. The second-order valence-electron chi connectivity index (χ2n) is 9.13. The summed E-state index contributed by atoms with van der Waals surface area (Å²) in [5.74, 6) is -1.80. The van der Waals surface area contributed by atoms with Gasteiger partial charge in [-0.2, -0.15) is 13.2 Å². The summed E-state index contributed by atoms with van der Waals surface area (Å²) in [4.78, 5) is 14.4. The van der Waals surface area contributed by atoms with E-state index in [4.69, 9.17) is 16.3 Å². The van der Waals surface area contributed by atoms with Crippen molar-refractivity contribution in [1.82, 2.24) is 9.47 Å². The minimum atomic E-state index is -4.88. The van der Waals surface area contributed by atoms with Crippen molar-refractivity contribution in [1.29, 1.82) is 0 Å². The van der Waals surface area contributed by atoms with Crippen LogP contribution in [0.1, 0.15) is 30.7 Å². The quantitative estimate of drug-likeness (QED) is 0.285. The van der Waals surface area contributed by atoms with Gasteiger partial charge in [-0.15, -0.1) is 0 Å². The van der Waals surface area contributed by atoms with Gasteiger partial charge in [-0.05, 0) is 50.1 Å². The van der Waals surface area contributed by atoms with Crippen LogP contribution in [0.15, 0.2) is 48.5 Å². The lowest BCUT2D eigenvalue weighted by Gasteiger charge is -2.26. The maximum absolute atomic E-state index is 15.0. The number of ether oxygens (including phenoxy) is 1. The van der Waals surface area contributed by atoms with Gasteiger partial charge in [0, 0.05) is 29.4 Å². The lowest BCUT2D eigenvalue weighted by atomic mass is 10.0. The number of benzene rings is 2. The number of amides is 1. The molecule has 1 heterocycles. The first-order valence-electron chi connectivity index (χ1n) is 11.6. The Morgan fingerprint density at radius 2 is 1.76 bits per heavy atom. The van der Waals surface area contributed by atoms with Crippen LogP contribution in [0.5, 0.6) is 5.88 Å². The van der Waals surface area contributed by atoms with Crippen LogP contribution in [0.4, 0.5) is 22.4 Å². The van der Waals surface area contributed by atoms with Crippen LogP contribution >= 0.6 is 11.6 Å². The molecule has 12 heteroatoms. The van der Waals surface area contributed by atoms with E-state index in [-0.39, 0.29) is 40.6 Å². The van der Waals surface area contributed by atoms with E-state index >= 15 is 4.39 Å². The van der Waals surface area contributed by atoms with Crippen LogP contribution in [-0.4, -0.2) is 48.6 Å². The first-order chi connectivity index (χ1) is 17.6. The molecule has 0 bridgehead atoms. The number of hydrogen-bond donors (Lipinski definition) is 0. The zero-order valence-electron chi connectivity index (χ0n) is 21.1. The van der Waals surface area contributed by atoms with Crippen molar-refractivity contribution in [2.24, 2.45) is 0 Å². The molecule has 0 fully saturated rings. The van der Waals surface area contributed by atoms with Crippen molar-refractivity contribution in [2.45, 2.75) is 39.5 Å². The summed E-state index contributed by atoms with van der Waals surface area (Å²) in [6.45, 7) is 3.82. The lowest BCUT2D eigenvalue weighted by molar-refractivity contribution is -0.144. The van der Waals surface area contributed by atoms with Crippen LogP contribution in [0, 0.1) is 12.7 Å². The highest BCUT2D eigenvalue weighted by atomic mass is 35.5. The molecule has 38 heavy (non-hydrogen) atoms. The van der Waals surface area contributed by atoms with Gasteiger partial charge >= 0.3 is 12.3 Å². The Morgan fingerprint density at radius 3 is 2.29 bits per heavy atom. The van der Waals surface area contributed by atoms with Gasteiger partial charge in [-0.1, -0.05) is 41.9 Å². The average molecular weight is 575 g/mol. The normalized spacial score (nSPS) is 12.2. The van der Waals surface area contributed by atoms with Gasteiger partial charge in [0.15, 0.2) is 0 Å². The van der Waals surface area contributed by atoms with E-state index in [1.807, 2.05) is 0 Å². The summed E-state index contributed by atoms with van der Waals surface area (Å²) in [6.07, 6.45) is -4.95. The van der Waals surface area contributed by atoms with Crippen molar-refractivity contribution in [3.8, 4) is 17.0 Å². The maximum atomic E-state index is 15.0. The third-order valence-corrected chi connectivity index (χ3v) is 7.02. The molecule has 206 valence electrons. The number of sulfone groups is 1. The van der Waals surface area contributed by atoms with Crippen LogP contribution in [0.3, 0.4) is 0 Å². The first kappa shape index (κ1) is 29.5. The highest BCUT2D eigenvalue weighted by Gasteiger charge is 2.41. The number of halogens is 5. The molecule has 6 nitrogen and oxygen atoms in total. The minimum Gasteiger partial charge on any atom is -0.392 e. The molecular formula is C26H27ClF4N2O4S. The third kappa shape index (κ3) is 6.87. The second kappa shape index (κ2) is 11.4. The predicted molar refractivity (Wildman–Crippen MR) is 138 cm³/mol. The van der Waals surface area contributed by atoms with Crippen LogP contribution in [0.2, 0.25) is 5.02 Å². The molecule has 0 aliphatic heterocycles. The molecule has 0 N–H and O–H groups in total. The monoisotopic (exact) mass is 574 g/mol. The van der Waals surface area contributed by atoms with Crippen molar-refractivity contribution in [3.63, 3.8) is 0 Å². The second-order valence-corrected chi connectivity index (χ2v) is 11.8. The van der Waals surface area contributed by atoms with Crippen molar-refractivity contribution in [3.05, 3.63) is 76.2 Å². The highest BCUT2D eigenvalue weighted by Crippen LogP contribution is 2.46. The molecule has 0 unspecified atom stereocenters. The maximum Gasteiger partial charge on any atom is 0.431 e. The van der Waals surface area contributed by atoms with Crippen molar-refractivity contribution < 1.29 is 35.5 Å². The predicted octanol–water partition coefficient (Wildman–Crippen LogP) is 6.58. The van der Waals surface area contributed by atoms with E-state index in [9.17, 15) is 26.4 Å². The molecule has 1 amide bonds. The molecule has 0 radical (unpaired) electrons. The number of carbonyl (C=O) groups excluding carboxylic acids is 1. The first-order valence-corrected chi connectivity index (χ1v) is 14.0. The van der Waals surface area contributed by atoms with Crippen molar-refractivity contribution >= 4 is 27.5 Å². The van der Waals surface area contributed by atoms with Gasteiger partial charge in [0.25, 0.3) is 0 Å². The van der Waals surface area contributed by atoms with E-state index < -0.39 is 45.5 Å². The van der Waals surface area contributed by atoms with Gasteiger partial charge in [0.1, 0.15) is 21.3 Å². The molecule has 0 aliphatic carbocycles. The van der Waals surface area contributed by atoms with Crippen LogP contribution in [-0.2, 0) is 22.6 Å². The van der Waals surface area contributed by atoms with E-state index in [2.05, 4.69) is 0 Å². The molecule has 0 saturated heterocycles. The molecule has 3 rings (SSSR count). The van der Waals surface area contributed by atoms with E-state index in [0.717, 1.165) is 21.8 Å². The lowest BCUT2D eigenvalue weighted by Crippen LogP contribution is -2.42. The highest BCUT2D eigenvalue weighted by molar-refractivity contribution is 7.90. The zero-order chi connectivity index (χ0) is 28.4. The molecule has 0 saturated carbocycles. The Balaban J connectivity index is 2.26. The number of alkyl halides is 3. The molecule has 3 aromatic rings. The molecule has 0 atom stereocenters. The Bertz CT molecular complexity index is 1420. The topological polar surface area (TPSA) is 68.6 Å². The van der Waals surface area contributed by atoms with Crippen LogP contribution in [0.25, 0.3) is 11.1 Å². The fourth-order valence-electron chi connectivity index (χ4n) is 4.08. The molecular weight excluding hydrogens is 548 g/mol. The van der Waals surface area contributed by atoms with Gasteiger partial charge in [-0.25, -0.2) is 17.6 Å². The number of rotatable bonds is 8. The Kier molecular flexibility index (Phi) is 8.82. The summed E-state index contributed by atoms with van der Waals surface area (Å²) in [6, 6.07) is 11.2. The van der Waals surface area contributed by atoms with Gasteiger partial charge in [0.2, 0.25) is 5.88 Å². The Labute approximate surface area is 223 Å². The minimum absolute atomic E-state index is 0.0361. The largest absolute Gasteiger partial charge is 0.431 e. The van der Waals surface area contributed by atoms with Gasteiger partial charge in [-0.3, -0.25) is 0 Å². The van der Waals surface area contributed by atoms with Crippen molar-refractivity contribution in [2.75, 3.05) is 18.6 Å². The molecule has 0 aliphatic rings. The summed E-state index contributed by atoms with van der Waals surface area (Å²) in [7, 11) is -3.46. The average Bonchev–Trinajstić information content (AvgIpc) is 3.04. The van der Waals surface area contributed by atoms with Gasteiger partial charge in [0.05, 0.1) is 17.9 Å².